The van der Waals surface area contributed by atoms with Gasteiger partial charge < -0.3 is 15.1 Å². The van der Waals surface area contributed by atoms with E-state index in [1.54, 1.807) is 12.4 Å². The molecule has 0 aliphatic rings. The van der Waals surface area contributed by atoms with Crippen LogP contribution in [0.2, 0.25) is 0 Å². The maximum Gasteiger partial charge on any atom is 0.319 e. The molecular weight excluding hydrogens is 328 g/mol. The third-order valence-corrected chi connectivity index (χ3v) is 3.89. The number of nitrogens with zero attached hydrogens (tertiary/aromatic N) is 2. The number of para-hydroxylation sites is 2. The summed E-state index contributed by atoms with van der Waals surface area (Å²) < 4.78 is 5.75. The van der Waals surface area contributed by atoms with Gasteiger partial charge in [-0.15, -0.1) is 0 Å². The number of carbonyl (C=O) groups is 1. The van der Waals surface area contributed by atoms with Crippen LogP contribution in [-0.4, -0.2) is 16.0 Å². The van der Waals surface area contributed by atoms with Gasteiger partial charge in [0.2, 0.25) is 5.89 Å². The van der Waals surface area contributed by atoms with Gasteiger partial charge in [-0.3, -0.25) is 4.98 Å². The number of anilines is 1. The second-order valence-electron chi connectivity index (χ2n) is 5.73. The molecule has 6 nitrogen and oxygen atoms in total. The third kappa shape index (κ3) is 3.54. The lowest BCUT2D eigenvalue weighted by Gasteiger charge is -2.08. The standard InChI is InChI=1S/C20H16N4O2/c25-20(22-13-14-9-11-21-12-10-14)23-16-7-5-15(6-8-16)19-24-17-3-1-2-4-18(17)26-19/h1-12H,13H2,(H2,22,23,25). The molecule has 6 heteroatoms. The Morgan fingerprint density at radius 3 is 2.50 bits per heavy atom. The van der Waals surface area contributed by atoms with Gasteiger partial charge in [-0.1, -0.05) is 12.1 Å². The van der Waals surface area contributed by atoms with Crippen molar-refractivity contribution in [1.29, 1.82) is 0 Å². The van der Waals surface area contributed by atoms with Crippen molar-refractivity contribution in [2.24, 2.45) is 0 Å². The normalized spacial score (nSPS) is 10.6. The molecule has 2 aromatic heterocycles. The highest BCUT2D eigenvalue weighted by Gasteiger charge is 2.08. The number of aromatic nitrogens is 2. The van der Waals surface area contributed by atoms with Gasteiger partial charge in [-0.05, 0) is 54.1 Å². The van der Waals surface area contributed by atoms with Crippen LogP contribution in [0.3, 0.4) is 0 Å². The molecule has 26 heavy (non-hydrogen) atoms. The van der Waals surface area contributed by atoms with E-state index in [1.807, 2.05) is 60.7 Å². The first-order valence-electron chi connectivity index (χ1n) is 8.18. The number of carbonyl (C=O) groups excluding carboxylic acids is 1. The average Bonchev–Trinajstić information content (AvgIpc) is 3.12. The van der Waals surface area contributed by atoms with Gasteiger partial charge in [0.25, 0.3) is 0 Å². The molecule has 4 aromatic rings. The zero-order valence-corrected chi connectivity index (χ0v) is 13.8. The van der Waals surface area contributed by atoms with Crippen molar-refractivity contribution in [2.75, 3.05) is 5.32 Å². The molecule has 2 aromatic carbocycles. The number of urea groups is 1. The lowest BCUT2D eigenvalue weighted by molar-refractivity contribution is 0.251. The van der Waals surface area contributed by atoms with Crippen LogP contribution in [0.15, 0.2) is 77.5 Å². The van der Waals surface area contributed by atoms with Gasteiger partial charge in [0.1, 0.15) is 5.52 Å². The van der Waals surface area contributed by atoms with Gasteiger partial charge in [0, 0.05) is 30.2 Å². The molecule has 0 unspecified atom stereocenters. The van der Waals surface area contributed by atoms with E-state index < -0.39 is 0 Å². The van der Waals surface area contributed by atoms with Gasteiger partial charge in [0.05, 0.1) is 0 Å². The number of pyridine rings is 1. The number of benzene rings is 2. The number of fused-ring (bicyclic) bond motifs is 1. The van der Waals surface area contributed by atoms with E-state index in [0.29, 0.717) is 18.1 Å². The highest BCUT2D eigenvalue weighted by Crippen LogP contribution is 2.25. The van der Waals surface area contributed by atoms with Crippen LogP contribution in [0.25, 0.3) is 22.6 Å². The van der Waals surface area contributed by atoms with Crippen molar-refractivity contribution in [3.8, 4) is 11.5 Å². The highest BCUT2D eigenvalue weighted by molar-refractivity contribution is 5.89. The first-order valence-corrected chi connectivity index (χ1v) is 8.18. The van der Waals surface area contributed by atoms with Crippen LogP contribution in [0.4, 0.5) is 10.5 Å². The fourth-order valence-corrected chi connectivity index (χ4v) is 2.55. The quantitative estimate of drug-likeness (QED) is 0.581. The van der Waals surface area contributed by atoms with E-state index >= 15 is 0 Å². The summed E-state index contributed by atoms with van der Waals surface area (Å²) in [6.07, 6.45) is 3.39. The van der Waals surface area contributed by atoms with Gasteiger partial charge in [-0.2, -0.15) is 0 Å². The molecule has 128 valence electrons. The number of nitrogens with one attached hydrogen (secondary N) is 2. The highest BCUT2D eigenvalue weighted by atomic mass is 16.3. The van der Waals surface area contributed by atoms with Crippen LogP contribution >= 0.6 is 0 Å². The van der Waals surface area contributed by atoms with Gasteiger partial charge in [0.15, 0.2) is 5.58 Å². The minimum atomic E-state index is -0.267. The van der Waals surface area contributed by atoms with E-state index in [1.165, 1.54) is 0 Å². The molecule has 0 atom stereocenters. The molecule has 2 amide bonds. The molecule has 0 radical (unpaired) electrons. The van der Waals surface area contributed by atoms with Gasteiger partial charge >= 0.3 is 6.03 Å². The lowest BCUT2D eigenvalue weighted by atomic mass is 10.2. The summed E-state index contributed by atoms with van der Waals surface area (Å²) in [5.41, 5.74) is 4.10. The van der Waals surface area contributed by atoms with Crippen LogP contribution < -0.4 is 10.6 Å². The lowest BCUT2D eigenvalue weighted by Crippen LogP contribution is -2.28. The second kappa shape index (κ2) is 7.06. The fraction of sp³-hybridized carbons (Fsp3) is 0.0500. The molecule has 0 fully saturated rings. The molecule has 0 aliphatic carbocycles. The Hall–Kier alpha value is -3.67. The Labute approximate surface area is 149 Å². The maximum absolute atomic E-state index is 12.0. The van der Waals surface area contributed by atoms with E-state index in [9.17, 15) is 4.79 Å². The van der Waals surface area contributed by atoms with Crippen LogP contribution in [0.1, 0.15) is 5.56 Å². The average molecular weight is 344 g/mol. The SMILES string of the molecule is O=C(NCc1ccncc1)Nc1ccc(-c2nc3ccccc3o2)cc1. The fourth-order valence-electron chi connectivity index (χ4n) is 2.55. The zero-order valence-electron chi connectivity index (χ0n) is 13.8. The summed E-state index contributed by atoms with van der Waals surface area (Å²) in [5.74, 6) is 0.555. The van der Waals surface area contributed by atoms with Crippen LogP contribution in [-0.2, 0) is 6.54 Å². The number of hydrogen-bond donors (Lipinski definition) is 2. The first-order chi connectivity index (χ1) is 12.8. The Morgan fingerprint density at radius 2 is 1.73 bits per heavy atom. The van der Waals surface area contributed by atoms with Gasteiger partial charge in [-0.25, -0.2) is 9.78 Å². The van der Waals surface area contributed by atoms with Crippen molar-refractivity contribution in [2.45, 2.75) is 6.54 Å². The van der Waals surface area contributed by atoms with Crippen LogP contribution in [0, 0.1) is 0 Å². The summed E-state index contributed by atoms with van der Waals surface area (Å²) in [4.78, 5) is 20.4. The van der Waals surface area contributed by atoms with Crippen molar-refractivity contribution < 1.29 is 9.21 Å². The van der Waals surface area contributed by atoms with E-state index in [2.05, 4.69) is 20.6 Å². The van der Waals surface area contributed by atoms with E-state index in [0.717, 1.165) is 22.2 Å². The minimum Gasteiger partial charge on any atom is -0.436 e. The molecule has 0 saturated carbocycles. The van der Waals surface area contributed by atoms with Crippen molar-refractivity contribution in [3.05, 3.63) is 78.6 Å². The predicted octanol–water partition coefficient (Wildman–Crippen LogP) is 4.21. The Bertz CT molecular complexity index is 994. The Kier molecular flexibility index (Phi) is 4.30. The maximum atomic E-state index is 12.0. The Balaban J connectivity index is 1.40. The smallest absolute Gasteiger partial charge is 0.319 e. The second-order valence-corrected chi connectivity index (χ2v) is 5.73. The topological polar surface area (TPSA) is 80.0 Å². The molecule has 4 rings (SSSR count). The third-order valence-electron chi connectivity index (χ3n) is 3.89. The minimum absolute atomic E-state index is 0.267. The summed E-state index contributed by atoms with van der Waals surface area (Å²) in [6.45, 7) is 0.440. The number of oxazole rings is 1. The molecule has 0 saturated heterocycles. The molecular formula is C20H16N4O2. The van der Waals surface area contributed by atoms with Crippen LogP contribution in [0.5, 0.6) is 0 Å². The van der Waals surface area contributed by atoms with Crippen molar-refractivity contribution in [1.82, 2.24) is 15.3 Å². The Morgan fingerprint density at radius 1 is 0.962 bits per heavy atom. The number of hydrogen-bond acceptors (Lipinski definition) is 4. The van der Waals surface area contributed by atoms with Crippen molar-refractivity contribution in [3.63, 3.8) is 0 Å². The number of rotatable bonds is 4. The van der Waals surface area contributed by atoms with E-state index in [-0.39, 0.29) is 6.03 Å². The largest absolute Gasteiger partial charge is 0.436 e. The summed E-state index contributed by atoms with van der Waals surface area (Å²) in [5, 5.41) is 5.60. The van der Waals surface area contributed by atoms with E-state index in [4.69, 9.17) is 4.42 Å². The first kappa shape index (κ1) is 15.8. The predicted molar refractivity (Wildman–Crippen MR) is 99.5 cm³/mol. The molecule has 0 spiro atoms. The molecule has 0 bridgehead atoms. The number of amides is 2. The summed E-state index contributed by atoms with van der Waals surface area (Å²) in [7, 11) is 0. The monoisotopic (exact) mass is 344 g/mol. The molecule has 2 heterocycles. The summed E-state index contributed by atoms with van der Waals surface area (Å²) >= 11 is 0. The summed E-state index contributed by atoms with van der Waals surface area (Å²) in [6, 6.07) is 18.4. The molecule has 2 N–H and O–H groups in total. The molecule has 0 aliphatic heterocycles. The zero-order chi connectivity index (χ0) is 17.8. The van der Waals surface area contributed by atoms with Crippen molar-refractivity contribution >= 4 is 22.8 Å².